The Morgan fingerprint density at radius 3 is 2.59 bits per heavy atom. The normalized spacial score (nSPS) is 12.2. The van der Waals surface area contributed by atoms with Gasteiger partial charge in [-0.05, 0) is 41.8 Å². The van der Waals surface area contributed by atoms with Gasteiger partial charge in [-0.25, -0.2) is 18.4 Å². The van der Waals surface area contributed by atoms with Crippen molar-refractivity contribution in [2.24, 2.45) is 0 Å². The Bertz CT molecular complexity index is 1450. The van der Waals surface area contributed by atoms with E-state index in [1.165, 1.54) is 17.6 Å². The lowest BCUT2D eigenvalue weighted by Crippen LogP contribution is -2.11. The Hall–Kier alpha value is -3.04. The number of aryl methyl sites for hydroxylation is 1. The molecule has 178 valence electrons. The molecule has 1 amide bonds. The number of sulfone groups is 1. The van der Waals surface area contributed by atoms with Crippen LogP contribution in [0.2, 0.25) is 0 Å². The van der Waals surface area contributed by atoms with Gasteiger partial charge >= 0.3 is 0 Å². The van der Waals surface area contributed by atoms with Crippen LogP contribution in [0.25, 0.3) is 21.3 Å². The number of amides is 1. The molecule has 0 saturated carbocycles. The summed E-state index contributed by atoms with van der Waals surface area (Å²) in [6.07, 6.45) is 4.51. The zero-order chi connectivity index (χ0) is 24.5. The number of thiazole rings is 1. The average molecular weight is 498 g/mol. The third-order valence-electron chi connectivity index (χ3n) is 5.32. The fourth-order valence-electron chi connectivity index (χ4n) is 3.42. The fourth-order valence-corrected chi connectivity index (χ4v) is 5.01. The standard InChI is InChI=1S/C25H27N3O4S2/c1-25(2,3)21-15-26-23(32-21)10-6-9-22(29)28-24-27-19-12-11-17(14-20(19)33-24)16-7-5-8-18(13-16)34(4,30)31/h5,7-8,11-15H,6,9-10H2,1-4H3,(H,27,28,29). The Balaban J connectivity index is 1.39. The van der Waals surface area contributed by atoms with E-state index in [1.807, 2.05) is 24.3 Å². The lowest BCUT2D eigenvalue weighted by atomic mass is 9.94. The minimum atomic E-state index is -3.28. The number of oxazole rings is 1. The second-order valence-corrected chi connectivity index (χ2v) is 12.3. The third kappa shape index (κ3) is 5.71. The first-order valence-electron chi connectivity index (χ1n) is 11.0. The molecule has 0 atom stereocenters. The minimum absolute atomic E-state index is 0.0914. The van der Waals surface area contributed by atoms with E-state index < -0.39 is 9.84 Å². The van der Waals surface area contributed by atoms with Gasteiger partial charge in [0.15, 0.2) is 20.9 Å². The zero-order valence-corrected chi connectivity index (χ0v) is 21.2. The highest BCUT2D eigenvalue weighted by Gasteiger charge is 2.19. The van der Waals surface area contributed by atoms with Crippen molar-refractivity contribution in [1.29, 1.82) is 0 Å². The van der Waals surface area contributed by atoms with Crippen LogP contribution in [0.3, 0.4) is 0 Å². The van der Waals surface area contributed by atoms with Gasteiger partial charge in [0, 0.05) is 24.5 Å². The van der Waals surface area contributed by atoms with E-state index in [1.54, 1.807) is 24.4 Å². The summed E-state index contributed by atoms with van der Waals surface area (Å²) in [5.41, 5.74) is 2.38. The summed E-state index contributed by atoms with van der Waals surface area (Å²) in [6, 6.07) is 12.6. The smallest absolute Gasteiger partial charge is 0.226 e. The lowest BCUT2D eigenvalue weighted by Gasteiger charge is -2.13. The summed E-state index contributed by atoms with van der Waals surface area (Å²) in [5, 5.41) is 3.41. The Kier molecular flexibility index (Phi) is 6.60. The molecule has 7 nitrogen and oxygen atoms in total. The SMILES string of the molecule is CC(C)(C)c1cnc(CCCC(=O)Nc2nc3ccc(-c4cccc(S(C)(=O)=O)c4)cc3s2)o1. The second-order valence-electron chi connectivity index (χ2n) is 9.27. The summed E-state index contributed by atoms with van der Waals surface area (Å²) in [7, 11) is -3.28. The zero-order valence-electron chi connectivity index (χ0n) is 19.6. The molecule has 0 aliphatic rings. The van der Waals surface area contributed by atoms with Gasteiger partial charge in [0.2, 0.25) is 5.91 Å². The van der Waals surface area contributed by atoms with E-state index in [2.05, 4.69) is 36.1 Å². The van der Waals surface area contributed by atoms with Crippen molar-refractivity contribution in [3.05, 3.63) is 60.3 Å². The minimum Gasteiger partial charge on any atom is -0.445 e. The van der Waals surface area contributed by atoms with Crippen LogP contribution < -0.4 is 5.32 Å². The van der Waals surface area contributed by atoms with E-state index in [9.17, 15) is 13.2 Å². The number of hydrogen-bond donors (Lipinski definition) is 1. The largest absolute Gasteiger partial charge is 0.445 e. The van der Waals surface area contributed by atoms with Crippen LogP contribution in [-0.4, -0.2) is 30.5 Å². The molecular formula is C25H27N3O4S2. The van der Waals surface area contributed by atoms with Gasteiger partial charge in [0.05, 0.1) is 21.3 Å². The molecule has 0 spiro atoms. The maximum Gasteiger partial charge on any atom is 0.226 e. The molecule has 9 heteroatoms. The van der Waals surface area contributed by atoms with Gasteiger partial charge in [0.1, 0.15) is 5.76 Å². The molecule has 2 aromatic carbocycles. The van der Waals surface area contributed by atoms with Crippen LogP contribution in [0.4, 0.5) is 5.13 Å². The quantitative estimate of drug-likeness (QED) is 0.356. The highest BCUT2D eigenvalue weighted by molar-refractivity contribution is 7.90. The highest BCUT2D eigenvalue weighted by atomic mass is 32.2. The molecule has 2 heterocycles. The van der Waals surface area contributed by atoms with Gasteiger partial charge in [-0.3, -0.25) is 4.79 Å². The number of carbonyl (C=O) groups excluding carboxylic acids is 1. The molecule has 0 fully saturated rings. The van der Waals surface area contributed by atoms with Crippen LogP contribution >= 0.6 is 11.3 Å². The predicted octanol–water partition coefficient (Wildman–Crippen LogP) is 5.61. The molecule has 0 aliphatic heterocycles. The van der Waals surface area contributed by atoms with Gasteiger partial charge in [-0.1, -0.05) is 50.3 Å². The lowest BCUT2D eigenvalue weighted by molar-refractivity contribution is -0.116. The first kappa shape index (κ1) is 24.1. The summed E-state index contributed by atoms with van der Waals surface area (Å²) in [6.45, 7) is 6.20. The number of aromatic nitrogens is 2. The highest BCUT2D eigenvalue weighted by Crippen LogP contribution is 2.31. The van der Waals surface area contributed by atoms with Crippen molar-refractivity contribution in [2.45, 2.75) is 50.3 Å². The van der Waals surface area contributed by atoms with E-state index in [0.717, 1.165) is 27.1 Å². The number of fused-ring (bicyclic) bond motifs is 1. The van der Waals surface area contributed by atoms with E-state index in [0.29, 0.717) is 30.3 Å². The molecule has 0 unspecified atom stereocenters. The topological polar surface area (TPSA) is 102 Å². The molecule has 4 aromatic rings. The summed E-state index contributed by atoms with van der Waals surface area (Å²) in [5.74, 6) is 1.37. The van der Waals surface area contributed by atoms with Crippen LogP contribution in [0.5, 0.6) is 0 Å². The van der Waals surface area contributed by atoms with Gasteiger partial charge in [-0.2, -0.15) is 0 Å². The van der Waals surface area contributed by atoms with Crippen molar-refractivity contribution < 1.29 is 17.6 Å². The fraction of sp³-hybridized carbons (Fsp3) is 0.320. The molecular weight excluding hydrogens is 470 g/mol. The molecule has 4 rings (SSSR count). The number of nitrogens with one attached hydrogen (secondary N) is 1. The Labute approximate surface area is 203 Å². The van der Waals surface area contributed by atoms with Gasteiger partial charge in [-0.15, -0.1) is 0 Å². The van der Waals surface area contributed by atoms with E-state index in [4.69, 9.17) is 4.42 Å². The molecule has 34 heavy (non-hydrogen) atoms. The van der Waals surface area contributed by atoms with Crippen LogP contribution in [-0.2, 0) is 26.5 Å². The molecule has 0 bridgehead atoms. The number of nitrogens with zero attached hydrogens (tertiary/aromatic N) is 2. The van der Waals surface area contributed by atoms with Gasteiger partial charge < -0.3 is 9.73 Å². The average Bonchev–Trinajstić information content (AvgIpc) is 3.39. The third-order valence-corrected chi connectivity index (χ3v) is 7.36. The van der Waals surface area contributed by atoms with Crippen molar-refractivity contribution in [3.8, 4) is 11.1 Å². The molecule has 1 N–H and O–H groups in total. The second kappa shape index (κ2) is 9.31. The Morgan fingerprint density at radius 1 is 1.12 bits per heavy atom. The first-order valence-corrected chi connectivity index (χ1v) is 13.7. The van der Waals surface area contributed by atoms with Crippen molar-refractivity contribution >= 4 is 42.4 Å². The predicted molar refractivity (Wildman–Crippen MR) is 135 cm³/mol. The number of hydrogen-bond acceptors (Lipinski definition) is 7. The molecule has 0 saturated heterocycles. The molecule has 2 aromatic heterocycles. The Morgan fingerprint density at radius 2 is 1.88 bits per heavy atom. The monoisotopic (exact) mass is 497 g/mol. The first-order chi connectivity index (χ1) is 16.0. The molecule has 0 aliphatic carbocycles. The number of carbonyl (C=O) groups is 1. The summed E-state index contributed by atoms with van der Waals surface area (Å²) >= 11 is 1.39. The van der Waals surface area contributed by atoms with Crippen LogP contribution in [0.1, 0.15) is 45.3 Å². The summed E-state index contributed by atoms with van der Waals surface area (Å²) in [4.78, 5) is 21.5. The number of anilines is 1. The van der Waals surface area contributed by atoms with E-state index >= 15 is 0 Å². The van der Waals surface area contributed by atoms with Crippen LogP contribution in [0.15, 0.2) is 58.0 Å². The number of benzene rings is 2. The van der Waals surface area contributed by atoms with Crippen molar-refractivity contribution in [3.63, 3.8) is 0 Å². The number of rotatable bonds is 7. The van der Waals surface area contributed by atoms with Gasteiger partial charge in [0.25, 0.3) is 0 Å². The van der Waals surface area contributed by atoms with Crippen molar-refractivity contribution in [2.75, 3.05) is 11.6 Å². The summed E-state index contributed by atoms with van der Waals surface area (Å²) < 4.78 is 30.4. The maximum absolute atomic E-state index is 12.4. The van der Waals surface area contributed by atoms with Crippen LogP contribution in [0, 0.1) is 0 Å². The van der Waals surface area contributed by atoms with E-state index in [-0.39, 0.29) is 16.2 Å². The maximum atomic E-state index is 12.4. The van der Waals surface area contributed by atoms with Crippen molar-refractivity contribution in [1.82, 2.24) is 9.97 Å². The molecule has 0 radical (unpaired) electrons.